The van der Waals surface area contributed by atoms with Crippen molar-refractivity contribution in [3.63, 3.8) is 0 Å². The van der Waals surface area contributed by atoms with E-state index >= 15 is 0 Å². The zero-order valence-electron chi connectivity index (χ0n) is 8.45. The molecule has 9 heteroatoms. The van der Waals surface area contributed by atoms with E-state index in [-0.39, 0.29) is 0 Å². The Morgan fingerprint density at radius 3 is 1.83 bits per heavy atom. The van der Waals surface area contributed by atoms with Gasteiger partial charge in [0, 0.05) is 5.56 Å². The van der Waals surface area contributed by atoms with Gasteiger partial charge in [0.1, 0.15) is 11.4 Å². The van der Waals surface area contributed by atoms with Gasteiger partial charge in [-0.05, 0) is 0 Å². The van der Waals surface area contributed by atoms with Crippen LogP contribution in [-0.2, 0) is 6.18 Å². The Morgan fingerprint density at radius 1 is 0.944 bits per heavy atom. The molecule has 0 aliphatic heterocycles. The van der Waals surface area contributed by atoms with Gasteiger partial charge in [0.05, 0.1) is 12.6 Å². The third-order valence-corrected chi connectivity index (χ3v) is 2.15. The van der Waals surface area contributed by atoms with E-state index < -0.39 is 53.2 Å². The van der Waals surface area contributed by atoms with Crippen LogP contribution in [0.25, 0.3) is 0 Å². The lowest BCUT2D eigenvalue weighted by molar-refractivity contribution is -0.143. The third kappa shape index (κ3) is 2.27. The Bertz CT molecular complexity index is 471. The van der Waals surface area contributed by atoms with Gasteiger partial charge in [-0.2, -0.15) is 13.2 Å². The van der Waals surface area contributed by atoms with Gasteiger partial charge in [0.2, 0.25) is 0 Å². The van der Waals surface area contributed by atoms with E-state index in [1.807, 2.05) is 0 Å². The van der Waals surface area contributed by atoms with Crippen LogP contribution in [0.1, 0.15) is 17.2 Å². The molecule has 18 heavy (non-hydrogen) atoms. The Balaban J connectivity index is 3.71. The van der Waals surface area contributed by atoms with Crippen molar-refractivity contribution < 1.29 is 35.8 Å². The van der Waals surface area contributed by atoms with Crippen LogP contribution in [0.2, 0.25) is 0 Å². The van der Waals surface area contributed by atoms with Crippen molar-refractivity contribution in [2.24, 2.45) is 5.73 Å². The van der Waals surface area contributed by atoms with Crippen molar-refractivity contribution in [3.8, 4) is 0 Å². The molecule has 0 aliphatic rings. The SMILES string of the molecule is N[C@@H](CO)c1c(F)c(F)c(F)c(C(F)(F)F)c1F. The molecule has 0 amide bonds. The minimum atomic E-state index is -5.56. The molecule has 0 heterocycles. The second-order valence-electron chi connectivity index (χ2n) is 3.33. The number of hydrogen-bond acceptors (Lipinski definition) is 2. The Hall–Kier alpha value is -1.35. The summed E-state index contributed by atoms with van der Waals surface area (Å²) < 4.78 is 89.1. The molecule has 0 saturated carbocycles. The van der Waals surface area contributed by atoms with Gasteiger partial charge < -0.3 is 10.8 Å². The van der Waals surface area contributed by atoms with Gasteiger partial charge in [-0.1, -0.05) is 0 Å². The molecule has 2 nitrogen and oxygen atoms in total. The van der Waals surface area contributed by atoms with E-state index in [9.17, 15) is 30.7 Å². The molecule has 0 aromatic heterocycles. The quantitative estimate of drug-likeness (QED) is 0.495. The van der Waals surface area contributed by atoms with Crippen molar-refractivity contribution in [1.29, 1.82) is 0 Å². The highest BCUT2D eigenvalue weighted by molar-refractivity contribution is 5.34. The lowest BCUT2D eigenvalue weighted by Gasteiger charge is -2.17. The summed E-state index contributed by atoms with van der Waals surface area (Å²) in [6, 6.07) is -1.94. The fourth-order valence-corrected chi connectivity index (χ4v) is 1.32. The summed E-state index contributed by atoms with van der Waals surface area (Å²) in [4.78, 5) is 0. The average Bonchev–Trinajstić information content (AvgIpc) is 2.24. The maximum atomic E-state index is 13.3. The summed E-state index contributed by atoms with van der Waals surface area (Å²) in [5.74, 6) is -9.76. The number of rotatable bonds is 2. The average molecular weight is 277 g/mol. The number of hydrogen-bond donors (Lipinski definition) is 2. The fourth-order valence-electron chi connectivity index (χ4n) is 1.32. The van der Waals surface area contributed by atoms with E-state index in [4.69, 9.17) is 10.8 Å². The topological polar surface area (TPSA) is 46.2 Å². The second kappa shape index (κ2) is 4.73. The summed E-state index contributed by atoms with van der Waals surface area (Å²) in [5, 5.41) is 8.54. The normalized spacial score (nSPS) is 13.8. The van der Waals surface area contributed by atoms with Crippen LogP contribution in [0.4, 0.5) is 30.7 Å². The summed E-state index contributed by atoms with van der Waals surface area (Å²) in [5.41, 5.74) is 0.805. The number of halogens is 7. The summed E-state index contributed by atoms with van der Waals surface area (Å²) in [7, 11) is 0. The van der Waals surface area contributed by atoms with Crippen LogP contribution >= 0.6 is 0 Å². The second-order valence-corrected chi connectivity index (χ2v) is 3.33. The highest BCUT2D eigenvalue weighted by Gasteiger charge is 2.42. The van der Waals surface area contributed by atoms with E-state index in [0.717, 1.165) is 0 Å². The molecule has 102 valence electrons. The molecule has 1 rings (SSSR count). The molecule has 3 N–H and O–H groups in total. The van der Waals surface area contributed by atoms with Crippen LogP contribution in [0, 0.1) is 23.3 Å². The van der Waals surface area contributed by atoms with E-state index in [1.54, 1.807) is 0 Å². The number of alkyl halides is 3. The van der Waals surface area contributed by atoms with Crippen molar-refractivity contribution in [2.45, 2.75) is 12.2 Å². The maximum absolute atomic E-state index is 13.3. The Kier molecular flexibility index (Phi) is 3.86. The molecule has 0 radical (unpaired) electrons. The van der Waals surface area contributed by atoms with Crippen molar-refractivity contribution in [1.82, 2.24) is 0 Å². The highest BCUT2D eigenvalue weighted by atomic mass is 19.4. The third-order valence-electron chi connectivity index (χ3n) is 2.15. The van der Waals surface area contributed by atoms with Crippen molar-refractivity contribution >= 4 is 0 Å². The largest absolute Gasteiger partial charge is 0.422 e. The Morgan fingerprint density at radius 2 is 1.44 bits per heavy atom. The molecule has 0 fully saturated rings. The summed E-state index contributed by atoms with van der Waals surface area (Å²) in [6.45, 7) is -1.14. The van der Waals surface area contributed by atoms with Crippen LogP contribution in [-0.4, -0.2) is 11.7 Å². The van der Waals surface area contributed by atoms with Crippen molar-refractivity contribution in [3.05, 3.63) is 34.4 Å². The lowest BCUT2D eigenvalue weighted by atomic mass is 10.0. The molecule has 0 unspecified atom stereocenters. The first-order valence-electron chi connectivity index (χ1n) is 4.42. The van der Waals surface area contributed by atoms with Gasteiger partial charge >= 0.3 is 6.18 Å². The van der Waals surface area contributed by atoms with Gasteiger partial charge in [0.15, 0.2) is 17.5 Å². The minimum absolute atomic E-state index is 1.14. The number of benzene rings is 1. The highest BCUT2D eigenvalue weighted by Crippen LogP contribution is 2.38. The molecule has 0 bridgehead atoms. The standard InChI is InChI=1S/C9H6F7NO/c10-5-3(2(17)1-18)6(11)8(13)7(12)4(5)9(14,15)16/h2,18H,1,17H2/t2-/m0/s1. The lowest BCUT2D eigenvalue weighted by Crippen LogP contribution is -2.23. The molecule has 0 spiro atoms. The smallest absolute Gasteiger partial charge is 0.394 e. The van der Waals surface area contributed by atoms with Crippen molar-refractivity contribution in [2.75, 3.05) is 6.61 Å². The number of aliphatic hydroxyl groups is 1. The number of aliphatic hydroxyl groups excluding tert-OH is 1. The maximum Gasteiger partial charge on any atom is 0.422 e. The molecule has 0 saturated heterocycles. The summed E-state index contributed by atoms with van der Waals surface area (Å²) >= 11 is 0. The van der Waals surface area contributed by atoms with Crippen LogP contribution < -0.4 is 5.73 Å². The van der Waals surface area contributed by atoms with Gasteiger partial charge in [-0.15, -0.1) is 0 Å². The predicted octanol–water partition coefficient (Wildman–Crippen LogP) is 2.25. The number of nitrogens with two attached hydrogens (primary N) is 1. The first-order chi connectivity index (χ1) is 8.12. The predicted molar refractivity (Wildman–Crippen MR) is 45.3 cm³/mol. The first kappa shape index (κ1) is 14.7. The monoisotopic (exact) mass is 277 g/mol. The van der Waals surface area contributed by atoms with Gasteiger partial charge in [-0.25, -0.2) is 17.6 Å². The molecule has 0 aliphatic carbocycles. The summed E-state index contributed by atoms with van der Waals surface area (Å²) in [6.07, 6.45) is -5.56. The van der Waals surface area contributed by atoms with E-state index in [1.165, 1.54) is 0 Å². The zero-order chi connectivity index (χ0) is 14.2. The Labute approximate surface area is 95.8 Å². The first-order valence-corrected chi connectivity index (χ1v) is 4.42. The molecule has 1 aromatic rings. The molecule has 1 aromatic carbocycles. The van der Waals surface area contributed by atoms with Gasteiger partial charge in [0.25, 0.3) is 0 Å². The zero-order valence-corrected chi connectivity index (χ0v) is 8.45. The minimum Gasteiger partial charge on any atom is -0.394 e. The fraction of sp³-hybridized carbons (Fsp3) is 0.333. The van der Waals surface area contributed by atoms with Crippen LogP contribution in [0.5, 0.6) is 0 Å². The van der Waals surface area contributed by atoms with E-state index in [2.05, 4.69) is 0 Å². The van der Waals surface area contributed by atoms with Crippen LogP contribution in [0.15, 0.2) is 0 Å². The molecular weight excluding hydrogens is 271 g/mol. The molecule has 1 atom stereocenters. The van der Waals surface area contributed by atoms with Gasteiger partial charge in [-0.3, -0.25) is 0 Å². The van der Waals surface area contributed by atoms with Crippen LogP contribution in [0.3, 0.4) is 0 Å². The molecular formula is C9H6F7NO. The van der Waals surface area contributed by atoms with E-state index in [0.29, 0.717) is 0 Å².